The molecular formula is C11H11N3O4S. The van der Waals surface area contributed by atoms with Crippen LogP contribution in [0.25, 0.3) is 0 Å². The molecule has 8 heteroatoms. The summed E-state index contributed by atoms with van der Waals surface area (Å²) in [6.45, 7) is 0. The van der Waals surface area contributed by atoms with Gasteiger partial charge in [-0.05, 0) is 12.1 Å². The second kappa shape index (κ2) is 5.41. The van der Waals surface area contributed by atoms with Gasteiger partial charge in [0.25, 0.3) is 5.82 Å². The van der Waals surface area contributed by atoms with Crippen molar-refractivity contribution in [2.45, 2.75) is 9.92 Å². The van der Waals surface area contributed by atoms with Crippen molar-refractivity contribution in [3.05, 3.63) is 41.4 Å². The second-order valence-electron chi connectivity index (χ2n) is 3.72. The van der Waals surface area contributed by atoms with E-state index in [2.05, 4.69) is 4.98 Å². The first-order valence-electron chi connectivity index (χ1n) is 5.25. The summed E-state index contributed by atoms with van der Waals surface area (Å²) in [4.78, 5) is 15.4. The Morgan fingerprint density at radius 3 is 2.79 bits per heavy atom. The molecule has 7 nitrogen and oxygen atoms in total. The van der Waals surface area contributed by atoms with Crippen molar-refractivity contribution in [3.8, 4) is 0 Å². The molecule has 0 fully saturated rings. The van der Waals surface area contributed by atoms with E-state index in [4.69, 9.17) is 10.3 Å². The fraction of sp³-hybridized carbons (Fsp3) is 0.0909. The molecule has 2 rings (SSSR count). The van der Waals surface area contributed by atoms with Crippen molar-refractivity contribution in [2.24, 2.45) is 7.05 Å². The zero-order valence-electron chi connectivity index (χ0n) is 9.90. The average Bonchev–Trinajstić information content (AvgIpc) is 2.72. The monoisotopic (exact) mass is 281 g/mol. The van der Waals surface area contributed by atoms with Gasteiger partial charge in [-0.3, -0.25) is 0 Å². The molecule has 0 spiro atoms. The molecule has 0 bridgehead atoms. The molecule has 0 amide bonds. The van der Waals surface area contributed by atoms with E-state index < -0.39 is 11.2 Å². The fourth-order valence-electron chi connectivity index (χ4n) is 1.52. The number of imidazole rings is 1. The van der Waals surface area contributed by atoms with Crippen LogP contribution in [0.5, 0.6) is 0 Å². The largest absolute Gasteiger partial charge is 0.594 e. The molecule has 3 N–H and O–H groups in total. The van der Waals surface area contributed by atoms with Crippen LogP contribution in [0, 0.1) is 5.21 Å². The molecule has 0 radical (unpaired) electrons. The molecule has 0 saturated heterocycles. The molecule has 0 saturated carbocycles. The van der Waals surface area contributed by atoms with Crippen LogP contribution in [0.2, 0.25) is 0 Å². The van der Waals surface area contributed by atoms with Gasteiger partial charge in [0.2, 0.25) is 0 Å². The summed E-state index contributed by atoms with van der Waals surface area (Å²) >= 11 is 1.07. The Hall–Kier alpha value is -1.87. The summed E-state index contributed by atoms with van der Waals surface area (Å²) in [6, 6.07) is 6.43. The van der Waals surface area contributed by atoms with Crippen molar-refractivity contribution in [1.29, 1.82) is 0 Å². The van der Waals surface area contributed by atoms with Crippen LogP contribution >= 0.6 is 11.8 Å². The van der Waals surface area contributed by atoms with Crippen molar-refractivity contribution in [1.82, 2.24) is 9.55 Å². The van der Waals surface area contributed by atoms with Crippen LogP contribution in [-0.2, 0) is 7.05 Å². The summed E-state index contributed by atoms with van der Waals surface area (Å²) in [5.41, 5.74) is 0.130. The molecule has 1 aromatic carbocycles. The first-order chi connectivity index (χ1) is 9.00. The number of aromatic nitrogens is 2. The van der Waals surface area contributed by atoms with E-state index in [0.717, 1.165) is 11.8 Å². The molecule has 1 unspecified atom stereocenters. The number of hydrogen-bond donors (Lipinski definition) is 3. The minimum Gasteiger partial charge on any atom is -0.594 e. The maximum Gasteiger partial charge on any atom is 0.336 e. The van der Waals surface area contributed by atoms with Gasteiger partial charge >= 0.3 is 5.97 Å². The van der Waals surface area contributed by atoms with Crippen LogP contribution in [0.15, 0.2) is 40.5 Å². The Morgan fingerprint density at radius 1 is 1.47 bits per heavy atom. The number of aryl methyl sites for hydroxylation is 1. The van der Waals surface area contributed by atoms with Crippen molar-refractivity contribution in [2.75, 3.05) is 0 Å². The lowest BCUT2D eigenvalue weighted by molar-refractivity contribution is -0.994. The predicted octanol–water partition coefficient (Wildman–Crippen LogP) is 0.673. The number of quaternary nitrogens is 1. The molecular weight excluding hydrogens is 270 g/mol. The van der Waals surface area contributed by atoms with Gasteiger partial charge in [0.05, 0.1) is 5.56 Å². The molecule has 0 aliphatic carbocycles. The standard InChI is InChI=1S/C11H11N3O4S/c1-13-6-12-9(14(17)18)10(13)19-8-5-3-2-4-7(8)11(15)16/h2-6,14,17H,1H3,(H,15,16). The Kier molecular flexibility index (Phi) is 3.86. The Balaban J connectivity index is 2.42. The molecule has 1 atom stereocenters. The lowest BCUT2D eigenvalue weighted by atomic mass is 10.2. The summed E-state index contributed by atoms with van der Waals surface area (Å²) in [5.74, 6) is -1.14. The Bertz CT molecular complexity index is 612. The molecule has 0 aliphatic heterocycles. The van der Waals surface area contributed by atoms with Crippen LogP contribution < -0.4 is 5.23 Å². The first-order valence-corrected chi connectivity index (χ1v) is 6.07. The van der Waals surface area contributed by atoms with Crippen LogP contribution in [0.1, 0.15) is 10.4 Å². The third kappa shape index (κ3) is 2.76. The maximum absolute atomic E-state index is 11.1. The number of hydrogen-bond acceptors (Lipinski definition) is 5. The highest BCUT2D eigenvalue weighted by molar-refractivity contribution is 7.99. The van der Waals surface area contributed by atoms with Crippen LogP contribution in [0.3, 0.4) is 0 Å². The number of nitrogens with one attached hydrogen (secondary N) is 1. The number of carbonyl (C=O) groups is 1. The molecule has 2 aromatic rings. The van der Waals surface area contributed by atoms with E-state index >= 15 is 0 Å². The van der Waals surface area contributed by atoms with Gasteiger partial charge in [-0.15, -0.1) is 0 Å². The average molecular weight is 281 g/mol. The molecule has 100 valence electrons. The number of rotatable bonds is 4. The number of nitrogens with zero attached hydrogens (tertiary/aromatic N) is 2. The van der Waals surface area contributed by atoms with Crippen molar-refractivity contribution < 1.29 is 20.3 Å². The van der Waals surface area contributed by atoms with Crippen molar-refractivity contribution in [3.63, 3.8) is 0 Å². The minimum absolute atomic E-state index is 0.0901. The summed E-state index contributed by atoms with van der Waals surface area (Å²) in [7, 11) is 1.66. The van der Waals surface area contributed by atoms with E-state index in [-0.39, 0.29) is 11.4 Å². The number of benzene rings is 1. The van der Waals surface area contributed by atoms with Gasteiger partial charge in [0.1, 0.15) is 6.33 Å². The SMILES string of the molecule is Cn1cnc([NH+]([O-])O)c1Sc1ccccc1C(=O)O. The van der Waals surface area contributed by atoms with E-state index in [0.29, 0.717) is 9.92 Å². The lowest BCUT2D eigenvalue weighted by Crippen LogP contribution is -2.99. The van der Waals surface area contributed by atoms with E-state index in [9.17, 15) is 10.0 Å². The first kappa shape index (κ1) is 13.6. The highest BCUT2D eigenvalue weighted by atomic mass is 32.2. The van der Waals surface area contributed by atoms with Gasteiger partial charge in [0, 0.05) is 11.9 Å². The third-order valence-corrected chi connectivity index (χ3v) is 3.66. The Morgan fingerprint density at radius 2 is 2.16 bits per heavy atom. The highest BCUT2D eigenvalue weighted by Crippen LogP contribution is 2.33. The summed E-state index contributed by atoms with van der Waals surface area (Å²) in [6.07, 6.45) is 1.38. The van der Waals surface area contributed by atoms with Gasteiger partial charge in [-0.2, -0.15) is 10.2 Å². The number of aromatic carboxylic acids is 1. The lowest BCUT2D eigenvalue weighted by Gasteiger charge is -2.11. The number of carboxylic acids is 1. The van der Waals surface area contributed by atoms with Gasteiger partial charge < -0.3 is 14.9 Å². The quantitative estimate of drug-likeness (QED) is 0.712. The Labute approximate surface area is 112 Å². The fourth-order valence-corrected chi connectivity index (χ4v) is 2.57. The smallest absolute Gasteiger partial charge is 0.336 e. The number of carboxylic acid groups (broad SMARTS) is 1. The van der Waals surface area contributed by atoms with Crippen LogP contribution in [-0.4, -0.2) is 25.8 Å². The third-order valence-electron chi connectivity index (χ3n) is 2.41. The highest BCUT2D eigenvalue weighted by Gasteiger charge is 2.19. The normalized spacial score (nSPS) is 12.4. The topological polar surface area (TPSA) is 103 Å². The van der Waals surface area contributed by atoms with Crippen molar-refractivity contribution >= 4 is 23.5 Å². The molecule has 19 heavy (non-hydrogen) atoms. The van der Waals surface area contributed by atoms with Gasteiger partial charge in [-0.25, -0.2) is 10.0 Å². The maximum atomic E-state index is 11.1. The van der Waals surface area contributed by atoms with E-state index in [1.165, 1.54) is 12.4 Å². The van der Waals surface area contributed by atoms with E-state index in [1.54, 1.807) is 29.8 Å². The van der Waals surface area contributed by atoms with Gasteiger partial charge in [-0.1, -0.05) is 23.9 Å². The molecule has 1 aromatic heterocycles. The van der Waals surface area contributed by atoms with E-state index in [1.807, 2.05) is 0 Å². The summed E-state index contributed by atoms with van der Waals surface area (Å²) in [5, 5.41) is 28.4. The van der Waals surface area contributed by atoms with Gasteiger partial charge in [0.15, 0.2) is 5.03 Å². The summed E-state index contributed by atoms with van der Waals surface area (Å²) < 4.78 is 1.55. The second-order valence-corrected chi connectivity index (χ2v) is 4.75. The zero-order chi connectivity index (χ0) is 14.0. The predicted molar refractivity (Wildman–Crippen MR) is 66.5 cm³/mol. The molecule has 0 aliphatic rings. The zero-order valence-corrected chi connectivity index (χ0v) is 10.7. The van der Waals surface area contributed by atoms with Crippen LogP contribution in [0.4, 0.5) is 5.82 Å². The minimum atomic E-state index is -1.14. The molecule has 1 heterocycles.